The van der Waals surface area contributed by atoms with Crippen molar-refractivity contribution in [3.63, 3.8) is 0 Å². The third-order valence-corrected chi connectivity index (χ3v) is 6.52. The summed E-state index contributed by atoms with van der Waals surface area (Å²) in [5, 5.41) is 4.83. The minimum absolute atomic E-state index is 0.0271. The molecule has 2 atom stereocenters. The number of hydrogen-bond acceptors (Lipinski definition) is 3. The molecule has 2 heterocycles. The Hall–Kier alpha value is -1.65. The number of benzene rings is 1. The van der Waals surface area contributed by atoms with Gasteiger partial charge in [0.05, 0.1) is 10.5 Å². The molecule has 2 aromatic rings. The zero-order valence-electron chi connectivity index (χ0n) is 16.9. The maximum Gasteiger partial charge on any atom is 0.251 e. The largest absolute Gasteiger partial charge is 0.352 e. The van der Waals surface area contributed by atoms with Crippen LogP contribution >= 0.6 is 11.6 Å². The lowest BCUT2D eigenvalue weighted by Crippen LogP contribution is -2.40. The van der Waals surface area contributed by atoms with Gasteiger partial charge in [0.2, 0.25) is 0 Å². The molecular formula is C23H30ClN3O. The van der Waals surface area contributed by atoms with E-state index in [0.29, 0.717) is 12.1 Å². The first-order valence-electron chi connectivity index (χ1n) is 10.6. The molecule has 1 aliphatic heterocycles. The van der Waals surface area contributed by atoms with E-state index in [-0.39, 0.29) is 5.91 Å². The number of fused-ring (bicyclic) bond motifs is 2. The fourth-order valence-electron chi connectivity index (χ4n) is 4.93. The fraction of sp³-hybridized carbons (Fsp3) is 0.565. The zero-order valence-corrected chi connectivity index (χ0v) is 17.7. The Morgan fingerprint density at radius 2 is 2.04 bits per heavy atom. The smallest absolute Gasteiger partial charge is 0.251 e. The van der Waals surface area contributed by atoms with Gasteiger partial charge in [-0.1, -0.05) is 31.5 Å². The molecular weight excluding hydrogens is 370 g/mol. The number of nitrogens with zero attached hydrogens (tertiary/aromatic N) is 2. The summed E-state index contributed by atoms with van der Waals surface area (Å²) < 4.78 is 0. The average molecular weight is 400 g/mol. The van der Waals surface area contributed by atoms with Crippen LogP contribution in [0.4, 0.5) is 0 Å². The number of amides is 1. The highest BCUT2D eigenvalue weighted by Crippen LogP contribution is 2.33. The van der Waals surface area contributed by atoms with Crippen molar-refractivity contribution in [2.24, 2.45) is 11.8 Å². The lowest BCUT2D eigenvalue weighted by Gasteiger charge is -2.34. The van der Waals surface area contributed by atoms with Crippen molar-refractivity contribution < 1.29 is 4.79 Å². The number of rotatable bonds is 5. The Bertz CT molecular complexity index is 872. The molecule has 0 bridgehead atoms. The minimum Gasteiger partial charge on any atom is -0.352 e. The zero-order chi connectivity index (χ0) is 19.7. The second-order valence-corrected chi connectivity index (χ2v) is 9.13. The van der Waals surface area contributed by atoms with Crippen molar-refractivity contribution in [3.8, 4) is 0 Å². The molecule has 28 heavy (non-hydrogen) atoms. The minimum atomic E-state index is -0.0271. The predicted octanol–water partition coefficient (Wildman–Crippen LogP) is 4.47. The standard InChI is InChI=1S/C23H30ClN3O/c1-15-11-16(2)14-27(13-15)10-4-9-25-23(28)17-7-8-19-21(12-17)26-20-6-3-5-18(20)22(19)24/h7-8,12,15-16H,3-6,9-11,13-14H2,1-2H3,(H,25,28)/t15-,16-/m1/s1. The van der Waals surface area contributed by atoms with Crippen molar-refractivity contribution >= 4 is 28.4 Å². The van der Waals surface area contributed by atoms with Crippen LogP contribution < -0.4 is 5.32 Å². The Morgan fingerprint density at radius 1 is 1.25 bits per heavy atom. The first-order valence-corrected chi connectivity index (χ1v) is 11.0. The predicted molar refractivity (Wildman–Crippen MR) is 115 cm³/mol. The highest BCUT2D eigenvalue weighted by Gasteiger charge is 2.21. The number of carbonyl (C=O) groups excluding carboxylic acids is 1. The molecule has 5 heteroatoms. The fourth-order valence-corrected chi connectivity index (χ4v) is 5.29. The van der Waals surface area contributed by atoms with E-state index < -0.39 is 0 Å². The molecule has 1 fully saturated rings. The number of hydrogen-bond donors (Lipinski definition) is 1. The molecule has 1 aromatic carbocycles. The van der Waals surface area contributed by atoms with E-state index in [2.05, 4.69) is 24.1 Å². The SMILES string of the molecule is C[C@@H]1C[C@@H](C)CN(CCCNC(=O)c2ccc3c(Cl)c4c(nc3c2)CCC4)C1. The molecule has 2 aliphatic rings. The molecule has 150 valence electrons. The summed E-state index contributed by atoms with van der Waals surface area (Å²) >= 11 is 6.57. The van der Waals surface area contributed by atoms with E-state index in [0.717, 1.165) is 65.7 Å². The van der Waals surface area contributed by atoms with Crippen LogP contribution in [0.1, 0.15) is 54.7 Å². The number of halogens is 1. The normalized spacial score (nSPS) is 22.4. The Morgan fingerprint density at radius 3 is 2.82 bits per heavy atom. The van der Waals surface area contributed by atoms with Gasteiger partial charge in [-0.3, -0.25) is 9.78 Å². The quantitative estimate of drug-likeness (QED) is 0.754. The topological polar surface area (TPSA) is 45.2 Å². The van der Waals surface area contributed by atoms with Crippen LogP contribution in [0.2, 0.25) is 5.02 Å². The van der Waals surface area contributed by atoms with Crippen LogP contribution in [0.25, 0.3) is 10.9 Å². The van der Waals surface area contributed by atoms with Gasteiger partial charge in [-0.05, 0) is 68.2 Å². The van der Waals surface area contributed by atoms with Gasteiger partial charge in [0, 0.05) is 36.3 Å². The molecule has 0 spiro atoms. The summed E-state index contributed by atoms with van der Waals surface area (Å²) in [6.45, 7) is 8.78. The van der Waals surface area contributed by atoms with E-state index in [1.165, 1.54) is 25.1 Å². The van der Waals surface area contributed by atoms with Crippen LogP contribution in [-0.2, 0) is 12.8 Å². The lowest BCUT2D eigenvalue weighted by atomic mass is 9.92. The van der Waals surface area contributed by atoms with Gasteiger partial charge in [0.25, 0.3) is 5.91 Å². The molecule has 1 aliphatic carbocycles. The number of aromatic nitrogens is 1. The average Bonchev–Trinajstić information content (AvgIpc) is 3.13. The van der Waals surface area contributed by atoms with Gasteiger partial charge < -0.3 is 10.2 Å². The summed E-state index contributed by atoms with van der Waals surface area (Å²) in [5.74, 6) is 1.52. The number of likely N-dealkylation sites (tertiary alicyclic amines) is 1. The van der Waals surface area contributed by atoms with Crippen LogP contribution in [0.5, 0.6) is 0 Å². The number of pyridine rings is 1. The van der Waals surface area contributed by atoms with Gasteiger partial charge in [-0.15, -0.1) is 0 Å². The molecule has 0 radical (unpaired) electrons. The first-order chi connectivity index (χ1) is 13.5. The highest BCUT2D eigenvalue weighted by molar-refractivity contribution is 6.36. The number of aryl methyl sites for hydroxylation is 1. The molecule has 0 saturated carbocycles. The summed E-state index contributed by atoms with van der Waals surface area (Å²) in [4.78, 5) is 19.9. The maximum absolute atomic E-state index is 12.6. The Labute approximate surface area is 172 Å². The molecule has 0 unspecified atom stereocenters. The molecule has 1 amide bonds. The van der Waals surface area contributed by atoms with E-state index in [1.54, 1.807) is 0 Å². The van der Waals surface area contributed by atoms with Crippen LogP contribution in [0.3, 0.4) is 0 Å². The third kappa shape index (κ3) is 4.18. The number of nitrogens with one attached hydrogen (secondary N) is 1. The molecule has 1 aromatic heterocycles. The number of carbonyl (C=O) groups is 1. The van der Waals surface area contributed by atoms with Crippen molar-refractivity contribution in [2.45, 2.75) is 46.0 Å². The third-order valence-electron chi connectivity index (χ3n) is 6.09. The monoisotopic (exact) mass is 399 g/mol. The van der Waals surface area contributed by atoms with Gasteiger partial charge >= 0.3 is 0 Å². The van der Waals surface area contributed by atoms with Crippen molar-refractivity contribution in [2.75, 3.05) is 26.2 Å². The van der Waals surface area contributed by atoms with Gasteiger partial charge in [0.15, 0.2) is 0 Å². The second kappa shape index (κ2) is 8.38. The van der Waals surface area contributed by atoms with E-state index in [9.17, 15) is 4.79 Å². The van der Waals surface area contributed by atoms with Crippen molar-refractivity contribution in [1.82, 2.24) is 15.2 Å². The second-order valence-electron chi connectivity index (χ2n) is 8.75. The van der Waals surface area contributed by atoms with Crippen LogP contribution in [-0.4, -0.2) is 42.0 Å². The van der Waals surface area contributed by atoms with Crippen LogP contribution in [0, 0.1) is 11.8 Å². The lowest BCUT2D eigenvalue weighted by molar-refractivity contribution is 0.0947. The van der Waals surface area contributed by atoms with Gasteiger partial charge in [0.1, 0.15) is 0 Å². The molecule has 1 saturated heterocycles. The molecule has 1 N–H and O–H groups in total. The maximum atomic E-state index is 12.6. The molecule has 4 rings (SSSR count). The van der Waals surface area contributed by atoms with Crippen molar-refractivity contribution in [1.29, 1.82) is 0 Å². The van der Waals surface area contributed by atoms with Crippen LogP contribution in [0.15, 0.2) is 18.2 Å². The Kier molecular flexibility index (Phi) is 5.88. The van der Waals surface area contributed by atoms with Gasteiger partial charge in [-0.2, -0.15) is 0 Å². The van der Waals surface area contributed by atoms with E-state index >= 15 is 0 Å². The van der Waals surface area contributed by atoms with Crippen molar-refractivity contribution in [3.05, 3.63) is 40.0 Å². The summed E-state index contributed by atoms with van der Waals surface area (Å²) in [6.07, 6.45) is 5.41. The first kappa shape index (κ1) is 19.7. The molecule has 4 nitrogen and oxygen atoms in total. The summed E-state index contributed by atoms with van der Waals surface area (Å²) in [5.41, 5.74) is 3.77. The summed E-state index contributed by atoms with van der Waals surface area (Å²) in [6, 6.07) is 5.68. The Balaban J connectivity index is 1.35. The van der Waals surface area contributed by atoms with E-state index in [1.807, 2.05) is 18.2 Å². The van der Waals surface area contributed by atoms with Gasteiger partial charge in [-0.25, -0.2) is 0 Å². The highest BCUT2D eigenvalue weighted by atomic mass is 35.5. The summed E-state index contributed by atoms with van der Waals surface area (Å²) in [7, 11) is 0. The number of piperidine rings is 1. The van der Waals surface area contributed by atoms with E-state index in [4.69, 9.17) is 16.6 Å².